The molecule has 0 aliphatic carbocycles. The summed E-state index contributed by atoms with van der Waals surface area (Å²) in [5.41, 5.74) is 5.35. The average Bonchev–Trinajstić information content (AvgIpc) is 2.49. The standard InChI is InChI=1S/C6H13N.C4H9N3/c1-6(2)4-5-7-3;1-7-3-2-6-4(7)5/h5-6H,4H2,1-3H3;2-3H2,1H3,(H2,5,6). The third kappa shape index (κ3) is 6.46. The van der Waals surface area contributed by atoms with Crippen molar-refractivity contribution >= 4 is 12.2 Å². The normalized spacial score (nSPS) is 15.8. The zero-order valence-electron chi connectivity index (χ0n) is 9.70. The molecule has 0 radical (unpaired) electrons. The zero-order chi connectivity index (χ0) is 11.0. The molecule has 0 aromatic heterocycles. The van der Waals surface area contributed by atoms with Crippen molar-refractivity contribution < 1.29 is 0 Å². The Morgan fingerprint density at radius 2 is 2.29 bits per heavy atom. The molecule has 0 amide bonds. The molecule has 0 aromatic rings. The molecule has 0 bridgehead atoms. The summed E-state index contributed by atoms with van der Waals surface area (Å²) in [5.74, 6) is 1.42. The van der Waals surface area contributed by atoms with Gasteiger partial charge in [-0.2, -0.15) is 0 Å². The smallest absolute Gasteiger partial charge is 0.191 e. The van der Waals surface area contributed by atoms with Crippen LogP contribution in [-0.4, -0.2) is 44.3 Å². The first-order valence-corrected chi connectivity index (χ1v) is 4.99. The maximum atomic E-state index is 5.35. The highest BCUT2D eigenvalue weighted by Crippen LogP contribution is 1.93. The summed E-state index contributed by atoms with van der Waals surface area (Å²) in [6, 6.07) is 0. The molecule has 14 heavy (non-hydrogen) atoms. The molecule has 2 N–H and O–H groups in total. The van der Waals surface area contributed by atoms with Crippen molar-refractivity contribution in [2.45, 2.75) is 20.3 Å². The van der Waals surface area contributed by atoms with Gasteiger partial charge in [-0.1, -0.05) is 13.8 Å². The van der Waals surface area contributed by atoms with Gasteiger partial charge in [0.05, 0.1) is 6.54 Å². The lowest BCUT2D eigenvalue weighted by atomic mass is 10.2. The number of likely N-dealkylation sites (N-methyl/N-ethyl adjacent to an activating group) is 1. The van der Waals surface area contributed by atoms with Crippen LogP contribution in [0.4, 0.5) is 0 Å². The van der Waals surface area contributed by atoms with Gasteiger partial charge in [-0.15, -0.1) is 0 Å². The first kappa shape index (κ1) is 12.9. The van der Waals surface area contributed by atoms with E-state index in [0.717, 1.165) is 25.4 Å². The number of guanidine groups is 1. The fraction of sp³-hybridized carbons (Fsp3) is 0.800. The van der Waals surface area contributed by atoms with Crippen LogP contribution in [0.2, 0.25) is 0 Å². The quantitative estimate of drug-likeness (QED) is 0.672. The lowest BCUT2D eigenvalue weighted by Gasteiger charge is -2.06. The van der Waals surface area contributed by atoms with E-state index < -0.39 is 0 Å². The fourth-order valence-electron chi connectivity index (χ4n) is 0.866. The predicted octanol–water partition coefficient (Wildman–Crippen LogP) is 0.980. The van der Waals surface area contributed by atoms with Gasteiger partial charge in [-0.3, -0.25) is 4.99 Å². The van der Waals surface area contributed by atoms with Gasteiger partial charge in [0.25, 0.3) is 0 Å². The molecular formula is C10H22N4. The predicted molar refractivity (Wildman–Crippen MR) is 63.0 cm³/mol. The zero-order valence-corrected chi connectivity index (χ0v) is 9.70. The summed E-state index contributed by atoms with van der Waals surface area (Å²) in [5, 5.41) is 0. The Morgan fingerprint density at radius 3 is 2.43 bits per heavy atom. The van der Waals surface area contributed by atoms with Crippen molar-refractivity contribution in [1.29, 1.82) is 0 Å². The van der Waals surface area contributed by atoms with Gasteiger partial charge in [0.1, 0.15) is 0 Å². The fourth-order valence-corrected chi connectivity index (χ4v) is 0.866. The van der Waals surface area contributed by atoms with Crippen molar-refractivity contribution in [2.75, 3.05) is 27.2 Å². The molecular weight excluding hydrogens is 176 g/mol. The minimum atomic E-state index is 0.667. The Hall–Kier alpha value is -1.06. The topological polar surface area (TPSA) is 54.0 Å². The van der Waals surface area contributed by atoms with E-state index >= 15 is 0 Å². The van der Waals surface area contributed by atoms with Crippen molar-refractivity contribution in [3.8, 4) is 0 Å². The summed E-state index contributed by atoms with van der Waals surface area (Å²) in [7, 11) is 3.74. The second-order valence-electron chi connectivity index (χ2n) is 3.73. The number of nitrogens with two attached hydrogens (primary N) is 1. The minimum Gasteiger partial charge on any atom is -0.370 e. The number of aliphatic imine (C=N–C) groups is 2. The van der Waals surface area contributed by atoms with Crippen LogP contribution in [0.3, 0.4) is 0 Å². The van der Waals surface area contributed by atoms with Gasteiger partial charge < -0.3 is 15.6 Å². The third-order valence-electron chi connectivity index (χ3n) is 1.86. The van der Waals surface area contributed by atoms with E-state index in [4.69, 9.17) is 5.73 Å². The Balaban J connectivity index is 0.000000241. The molecule has 4 heteroatoms. The van der Waals surface area contributed by atoms with Crippen LogP contribution in [0.5, 0.6) is 0 Å². The van der Waals surface area contributed by atoms with Gasteiger partial charge in [-0.05, 0) is 18.6 Å². The van der Waals surface area contributed by atoms with Gasteiger partial charge in [-0.25, -0.2) is 0 Å². The molecule has 0 aromatic carbocycles. The molecule has 0 atom stereocenters. The number of nitrogens with zero attached hydrogens (tertiary/aromatic N) is 3. The van der Waals surface area contributed by atoms with E-state index in [2.05, 4.69) is 23.8 Å². The molecule has 0 spiro atoms. The third-order valence-corrected chi connectivity index (χ3v) is 1.86. The second kappa shape index (κ2) is 7.35. The first-order chi connectivity index (χ1) is 6.57. The molecule has 4 nitrogen and oxygen atoms in total. The van der Waals surface area contributed by atoms with Gasteiger partial charge in [0.15, 0.2) is 5.96 Å². The van der Waals surface area contributed by atoms with Gasteiger partial charge in [0, 0.05) is 20.6 Å². The number of hydrogen-bond donors (Lipinski definition) is 1. The van der Waals surface area contributed by atoms with Crippen LogP contribution >= 0.6 is 0 Å². The summed E-state index contributed by atoms with van der Waals surface area (Å²) < 4.78 is 0. The van der Waals surface area contributed by atoms with Gasteiger partial charge >= 0.3 is 0 Å². The summed E-state index contributed by atoms with van der Waals surface area (Å²) in [4.78, 5) is 9.72. The maximum Gasteiger partial charge on any atom is 0.191 e. The van der Waals surface area contributed by atoms with Crippen molar-refractivity contribution in [3.05, 3.63) is 0 Å². The minimum absolute atomic E-state index is 0.667. The molecule has 0 unspecified atom stereocenters. The lowest BCUT2D eigenvalue weighted by Crippen LogP contribution is -2.29. The Labute approximate surface area is 86.9 Å². The maximum absolute atomic E-state index is 5.35. The molecule has 82 valence electrons. The van der Waals surface area contributed by atoms with Crippen LogP contribution in [0, 0.1) is 5.92 Å². The second-order valence-corrected chi connectivity index (χ2v) is 3.73. The Morgan fingerprint density at radius 1 is 1.64 bits per heavy atom. The molecule has 0 fully saturated rings. The SMILES string of the molecule is CN1CCN=C1N.CN=CCC(C)C. The molecule has 1 aliphatic heterocycles. The number of rotatable bonds is 2. The van der Waals surface area contributed by atoms with Crippen molar-refractivity contribution in [1.82, 2.24) is 4.90 Å². The van der Waals surface area contributed by atoms with Crippen LogP contribution in [-0.2, 0) is 0 Å². The van der Waals surface area contributed by atoms with E-state index in [1.165, 1.54) is 0 Å². The summed E-state index contributed by atoms with van der Waals surface area (Å²) in [6.45, 7) is 6.21. The molecule has 1 aliphatic rings. The average molecular weight is 198 g/mol. The Kier molecular flexibility index (Phi) is 6.80. The largest absolute Gasteiger partial charge is 0.370 e. The van der Waals surface area contributed by atoms with Crippen LogP contribution in [0.1, 0.15) is 20.3 Å². The highest BCUT2D eigenvalue weighted by Gasteiger charge is 2.05. The molecule has 1 heterocycles. The van der Waals surface area contributed by atoms with Crippen molar-refractivity contribution in [2.24, 2.45) is 21.6 Å². The summed E-state index contributed by atoms with van der Waals surface area (Å²) in [6.07, 6.45) is 3.06. The first-order valence-electron chi connectivity index (χ1n) is 4.99. The lowest BCUT2D eigenvalue weighted by molar-refractivity contribution is 0.551. The van der Waals surface area contributed by atoms with E-state index in [1.54, 1.807) is 0 Å². The Bertz CT molecular complexity index is 196. The monoisotopic (exact) mass is 198 g/mol. The molecule has 0 saturated heterocycles. The highest BCUT2D eigenvalue weighted by molar-refractivity contribution is 5.79. The van der Waals surface area contributed by atoms with Crippen LogP contribution < -0.4 is 5.73 Å². The number of hydrogen-bond acceptors (Lipinski definition) is 4. The summed E-state index contributed by atoms with van der Waals surface area (Å²) >= 11 is 0. The van der Waals surface area contributed by atoms with Crippen LogP contribution in [0.15, 0.2) is 9.98 Å². The van der Waals surface area contributed by atoms with Gasteiger partial charge in [0.2, 0.25) is 0 Å². The van der Waals surface area contributed by atoms with Crippen molar-refractivity contribution in [3.63, 3.8) is 0 Å². The van der Waals surface area contributed by atoms with E-state index in [9.17, 15) is 0 Å². The van der Waals surface area contributed by atoms with E-state index in [-0.39, 0.29) is 0 Å². The van der Waals surface area contributed by atoms with E-state index in [1.807, 2.05) is 25.2 Å². The van der Waals surface area contributed by atoms with Crippen LogP contribution in [0.25, 0.3) is 0 Å². The van der Waals surface area contributed by atoms with E-state index in [0.29, 0.717) is 5.96 Å². The molecule has 0 saturated carbocycles. The highest BCUT2D eigenvalue weighted by atomic mass is 15.3. The molecule has 1 rings (SSSR count).